The molecule has 35 nitrogen and oxygen atoms in total. The van der Waals surface area contributed by atoms with Crippen LogP contribution in [0, 0.1) is 23.7 Å². The SMILES string of the molecule is CC(C)C(=O)OCc1ccc(NC(=O)[C@H](CCCNC(N)=O)NC(=O)[C@@H](NC(=O)[C@@H](CCCCNC(=O)COC2CCCCCc3c2nnn3CCOCCOCCOCCOCCOCCP(=O)(O)O)NC(=O)CCOCCOCCOCCOCCNC(=O)CCC(=O)N2Cc3ccccc3C#Cc3ccccc32)C(C)C)cc1. The van der Waals surface area contributed by atoms with Gasteiger partial charge in [0.25, 0.3) is 0 Å². The van der Waals surface area contributed by atoms with E-state index in [1.54, 1.807) is 56.9 Å². The minimum Gasteiger partial charge on any atom is -0.461 e. The van der Waals surface area contributed by atoms with E-state index in [-0.39, 0.29) is 180 Å². The molecule has 9 amide bonds. The van der Waals surface area contributed by atoms with Crippen LogP contribution < -0.4 is 47.9 Å². The van der Waals surface area contributed by atoms with Gasteiger partial charge in [0.15, 0.2) is 0 Å². The Morgan fingerprint density at radius 3 is 1.79 bits per heavy atom. The van der Waals surface area contributed by atoms with Crippen molar-refractivity contribution in [1.29, 1.82) is 0 Å². The minimum atomic E-state index is -4.08. The van der Waals surface area contributed by atoms with Crippen LogP contribution in [0.5, 0.6) is 0 Å². The number of fused-ring (bicyclic) bond motifs is 3. The van der Waals surface area contributed by atoms with Crippen molar-refractivity contribution in [3.05, 3.63) is 106 Å². The Morgan fingerprint density at radius 2 is 1.15 bits per heavy atom. The number of amides is 9. The zero-order valence-corrected chi connectivity index (χ0v) is 68.1. The molecule has 0 saturated heterocycles. The predicted octanol–water partition coefficient (Wildman–Crippen LogP) is 4.20. The highest BCUT2D eigenvalue weighted by molar-refractivity contribution is 7.51. The van der Waals surface area contributed by atoms with E-state index in [0.717, 1.165) is 48.1 Å². The van der Waals surface area contributed by atoms with Crippen molar-refractivity contribution in [3.8, 4) is 11.8 Å². The third-order valence-corrected chi connectivity index (χ3v) is 18.9. The smallest absolute Gasteiger partial charge is 0.327 e. The van der Waals surface area contributed by atoms with Gasteiger partial charge in [0.2, 0.25) is 41.4 Å². The van der Waals surface area contributed by atoms with E-state index in [4.69, 9.17) is 67.6 Å². The van der Waals surface area contributed by atoms with E-state index in [9.17, 15) is 47.7 Å². The van der Waals surface area contributed by atoms with Crippen molar-refractivity contribution in [3.63, 3.8) is 0 Å². The summed E-state index contributed by atoms with van der Waals surface area (Å²) in [6.07, 6.45) is 4.35. The van der Waals surface area contributed by atoms with Crippen molar-refractivity contribution < 1.29 is 110 Å². The number of rotatable bonds is 59. The van der Waals surface area contributed by atoms with E-state index in [1.807, 2.05) is 53.2 Å². The molecule has 6 rings (SSSR count). The first kappa shape index (κ1) is 96.0. The average Bonchev–Trinajstić information content (AvgIpc) is 1.43. The number of benzene rings is 3. The van der Waals surface area contributed by atoms with Gasteiger partial charge in [-0.25, -0.2) is 9.48 Å². The molecular formula is C80H119N12O23P. The summed E-state index contributed by atoms with van der Waals surface area (Å²) in [7, 11) is -4.08. The Kier molecular flexibility index (Phi) is 46.1. The van der Waals surface area contributed by atoms with E-state index < -0.39 is 67.4 Å². The number of anilines is 2. The number of hydrogen-bond acceptors (Lipinski definition) is 23. The van der Waals surface area contributed by atoms with Gasteiger partial charge >= 0.3 is 19.6 Å². The maximum atomic E-state index is 14.4. The van der Waals surface area contributed by atoms with Crippen LogP contribution in [0.25, 0.3) is 0 Å². The largest absolute Gasteiger partial charge is 0.461 e. The molecule has 2 aliphatic rings. The van der Waals surface area contributed by atoms with Crippen LogP contribution in [0.1, 0.15) is 144 Å². The molecule has 642 valence electrons. The Bertz CT molecular complexity index is 3760. The molecule has 1 aromatic heterocycles. The zero-order valence-electron chi connectivity index (χ0n) is 67.3. The van der Waals surface area contributed by atoms with Crippen LogP contribution in [0.2, 0.25) is 0 Å². The van der Waals surface area contributed by atoms with E-state index in [1.165, 1.54) is 0 Å². The first-order valence-corrected chi connectivity index (χ1v) is 41.7. The summed E-state index contributed by atoms with van der Waals surface area (Å²) in [4.78, 5) is 139. The van der Waals surface area contributed by atoms with Crippen LogP contribution >= 0.6 is 7.60 Å². The van der Waals surface area contributed by atoms with Crippen molar-refractivity contribution in [1.82, 2.24) is 46.9 Å². The molecule has 1 aliphatic heterocycles. The number of nitrogens with one attached hydrogen (secondary N) is 7. The lowest BCUT2D eigenvalue weighted by molar-refractivity contribution is -0.148. The van der Waals surface area contributed by atoms with E-state index >= 15 is 0 Å². The first-order chi connectivity index (χ1) is 56.0. The summed E-state index contributed by atoms with van der Waals surface area (Å²) in [5.41, 5.74) is 11.2. The van der Waals surface area contributed by atoms with Crippen molar-refractivity contribution >= 4 is 72.3 Å². The molecule has 36 heteroatoms. The quantitative estimate of drug-likeness (QED) is 0.0128. The van der Waals surface area contributed by atoms with Crippen molar-refractivity contribution in [2.24, 2.45) is 17.6 Å². The molecule has 0 fully saturated rings. The highest BCUT2D eigenvalue weighted by Crippen LogP contribution is 2.33. The van der Waals surface area contributed by atoms with Gasteiger partial charge in [0, 0.05) is 55.7 Å². The number of nitrogens with zero attached hydrogens (tertiary/aromatic N) is 4. The number of esters is 1. The summed E-state index contributed by atoms with van der Waals surface area (Å²) in [6, 6.07) is 17.5. The number of carbonyl (C=O) groups excluding carboxylic acids is 9. The van der Waals surface area contributed by atoms with Gasteiger partial charge in [-0.2, -0.15) is 0 Å². The number of urea groups is 1. The Morgan fingerprint density at radius 1 is 0.569 bits per heavy atom. The third-order valence-electron chi connectivity index (χ3n) is 18.1. The summed E-state index contributed by atoms with van der Waals surface area (Å²) in [5.74, 6) is 1.91. The number of para-hydroxylation sites is 1. The molecule has 0 radical (unpaired) electrons. The average molecular weight is 1650 g/mol. The highest BCUT2D eigenvalue weighted by atomic mass is 31.2. The van der Waals surface area contributed by atoms with Crippen LogP contribution in [0.3, 0.4) is 0 Å². The molecule has 0 bridgehead atoms. The third kappa shape index (κ3) is 39.4. The molecule has 4 aromatic rings. The van der Waals surface area contributed by atoms with Gasteiger partial charge in [-0.3, -0.25) is 42.9 Å². The second kappa shape index (κ2) is 55.7. The molecule has 11 N–H and O–H groups in total. The zero-order chi connectivity index (χ0) is 83.6. The second-order valence-corrected chi connectivity index (χ2v) is 29.9. The fourth-order valence-electron chi connectivity index (χ4n) is 11.8. The lowest BCUT2D eigenvalue weighted by atomic mass is 9.99. The number of hydrogen-bond donors (Lipinski definition) is 10. The van der Waals surface area contributed by atoms with E-state index in [2.05, 4.69) is 59.4 Å². The lowest BCUT2D eigenvalue weighted by Gasteiger charge is -2.27. The molecular weight excluding hydrogens is 1530 g/mol. The molecule has 1 aliphatic carbocycles. The second-order valence-electron chi connectivity index (χ2n) is 28.1. The number of carbonyl (C=O) groups is 9. The van der Waals surface area contributed by atoms with Crippen LogP contribution in [0.15, 0.2) is 72.8 Å². The number of unbranched alkanes of at least 4 members (excludes halogenated alkanes) is 1. The first-order valence-electron chi connectivity index (χ1n) is 39.9. The fraction of sp³-hybridized carbons (Fsp3) is 0.613. The standard InChI is InChI=1S/C80H119N12O23P/c1-58(2)74(78(99)87-66(19-14-33-84-80(81)101)76(97)85-64-27-23-60(24-28-64)56-115-79(100)59(3)4)88-77(98)65(18-12-13-32-82-72(95)57-114-69-22-7-5-6-21-68-75(69)89-90-92(68)35-38-107-41-44-110-47-48-111-49-50-112-51-52-113-53-54-116(102,103)104)86-71(94)31-36-105-39-42-108-45-46-109-43-40-106-37-34-83-70(93)29-30-73(96)91-55-63-17-9-8-15-61(63)25-26-62-16-10-11-20-67(62)91/h8-11,15-17,20,23-24,27-28,58-59,65-66,69,74H,5-7,12-14,18-19,21-22,29-57H2,1-4H3,(H,82,95)(H,83,93)(H,85,97)(H,86,94)(H,87,99)(H,88,98)(H3,81,84,101)(H2,102,103,104)/t65-,66+,69?,74+/m1/s1. The topological polar surface area (TPSA) is 457 Å². The molecule has 0 spiro atoms. The van der Waals surface area contributed by atoms with Crippen LogP contribution in [-0.2, 0) is 121 Å². The summed E-state index contributed by atoms with van der Waals surface area (Å²) >= 11 is 0. The fourth-order valence-corrected chi connectivity index (χ4v) is 12.2. The Labute approximate surface area is 678 Å². The van der Waals surface area contributed by atoms with Crippen LogP contribution in [-0.4, -0.2) is 248 Å². The highest BCUT2D eigenvalue weighted by Gasteiger charge is 2.33. The molecule has 116 heavy (non-hydrogen) atoms. The number of aromatic nitrogens is 3. The van der Waals surface area contributed by atoms with Gasteiger partial charge in [0.05, 0.1) is 155 Å². The van der Waals surface area contributed by atoms with Gasteiger partial charge in [-0.15, -0.1) is 5.10 Å². The van der Waals surface area contributed by atoms with Gasteiger partial charge in [0.1, 0.15) is 43.1 Å². The van der Waals surface area contributed by atoms with Gasteiger partial charge < -0.3 is 110 Å². The summed E-state index contributed by atoms with van der Waals surface area (Å²) < 4.78 is 74.2. The maximum absolute atomic E-state index is 14.4. The summed E-state index contributed by atoms with van der Waals surface area (Å²) in [6.45, 7) is 12.6. The van der Waals surface area contributed by atoms with Gasteiger partial charge in [-0.1, -0.05) is 100 Å². The molecule has 3 aromatic carbocycles. The minimum absolute atomic E-state index is 0.0128. The van der Waals surface area contributed by atoms with Crippen molar-refractivity contribution in [2.75, 3.05) is 162 Å². The Hall–Kier alpha value is -8.86. The Balaban J connectivity index is 0.911. The van der Waals surface area contributed by atoms with Gasteiger partial charge in [-0.05, 0) is 98.7 Å². The normalized spacial score (nSPS) is 14.0. The monoisotopic (exact) mass is 1650 g/mol. The molecule has 0 saturated carbocycles. The van der Waals surface area contributed by atoms with Crippen LogP contribution in [0.4, 0.5) is 16.2 Å². The summed E-state index contributed by atoms with van der Waals surface area (Å²) in [5, 5.41) is 28.3. The maximum Gasteiger partial charge on any atom is 0.327 e. The number of primary amides is 1. The number of nitrogens with two attached hydrogens (primary N) is 1. The van der Waals surface area contributed by atoms with E-state index in [0.29, 0.717) is 101 Å². The number of ether oxygens (including phenoxy) is 11. The molecule has 1 unspecified atom stereocenters. The molecule has 2 heterocycles. The lowest BCUT2D eigenvalue weighted by Crippen LogP contribution is -2.57. The predicted molar refractivity (Wildman–Crippen MR) is 426 cm³/mol. The molecule has 4 atom stereocenters. The van der Waals surface area contributed by atoms with Crippen molar-refractivity contribution in [2.45, 2.75) is 155 Å².